The minimum atomic E-state index is -1.13. The zero-order valence-electron chi connectivity index (χ0n) is 11.7. The zero-order valence-corrected chi connectivity index (χ0v) is 12.5. The molecule has 0 radical (unpaired) electrons. The molecule has 2 amide bonds. The maximum absolute atomic E-state index is 13.5. The molecular weight excluding hydrogens is 299 g/mol. The number of nitrogens with one attached hydrogen (secondary N) is 2. The number of hydrogen-bond donors (Lipinski definition) is 3. The van der Waals surface area contributed by atoms with Crippen LogP contribution in [-0.2, 0) is 4.79 Å². The number of halogens is 1. The Bertz CT molecular complexity index is 513. The average molecular weight is 316 g/mol. The predicted octanol–water partition coefficient (Wildman–Crippen LogP) is 2.16. The van der Waals surface area contributed by atoms with E-state index in [0.717, 1.165) is 6.07 Å². The van der Waals surface area contributed by atoms with E-state index in [1.54, 1.807) is 0 Å². The lowest BCUT2D eigenvalue weighted by Gasteiger charge is -2.15. The largest absolute Gasteiger partial charge is 0.497 e. The van der Waals surface area contributed by atoms with Gasteiger partial charge >= 0.3 is 12.0 Å². The summed E-state index contributed by atoms with van der Waals surface area (Å²) < 4.78 is 18.5. The first-order chi connectivity index (χ1) is 9.97. The molecule has 0 saturated carbocycles. The standard InChI is InChI=1S/C13H17FN2O4S/c1-20-8-3-4-9(14)11(7-8)16-13(19)15-10(12(17)18)5-6-21-2/h3-4,7,10H,5-6H2,1-2H3,(H,17,18)(H2,15,16,19)/t10-/m1/s1. The predicted molar refractivity (Wildman–Crippen MR) is 79.5 cm³/mol. The van der Waals surface area contributed by atoms with Crippen LogP contribution in [0, 0.1) is 5.82 Å². The number of anilines is 1. The summed E-state index contributed by atoms with van der Waals surface area (Å²) in [5, 5.41) is 13.6. The average Bonchev–Trinajstić information content (AvgIpc) is 2.45. The number of aliphatic carboxylic acids is 1. The van der Waals surface area contributed by atoms with Gasteiger partial charge in [0.25, 0.3) is 0 Å². The van der Waals surface area contributed by atoms with Crippen molar-refractivity contribution in [1.82, 2.24) is 5.32 Å². The van der Waals surface area contributed by atoms with Gasteiger partial charge in [-0.1, -0.05) is 0 Å². The highest BCUT2D eigenvalue weighted by Crippen LogP contribution is 2.20. The number of benzene rings is 1. The van der Waals surface area contributed by atoms with Crippen molar-refractivity contribution in [3.63, 3.8) is 0 Å². The van der Waals surface area contributed by atoms with Crippen molar-refractivity contribution in [2.24, 2.45) is 0 Å². The van der Waals surface area contributed by atoms with E-state index in [1.807, 2.05) is 6.26 Å². The second kappa shape index (κ2) is 8.35. The molecule has 0 saturated heterocycles. The van der Waals surface area contributed by atoms with Gasteiger partial charge in [-0.2, -0.15) is 11.8 Å². The summed E-state index contributed by atoms with van der Waals surface area (Å²) in [5.74, 6) is -0.804. The summed E-state index contributed by atoms with van der Waals surface area (Å²) in [5.41, 5.74) is -0.0825. The fourth-order valence-corrected chi connectivity index (χ4v) is 2.01. The molecule has 1 rings (SSSR count). The van der Waals surface area contributed by atoms with Crippen LogP contribution in [0.4, 0.5) is 14.9 Å². The van der Waals surface area contributed by atoms with Gasteiger partial charge in [-0.05, 0) is 30.6 Å². The van der Waals surface area contributed by atoms with E-state index >= 15 is 0 Å². The maximum Gasteiger partial charge on any atom is 0.326 e. The highest BCUT2D eigenvalue weighted by Gasteiger charge is 2.20. The molecule has 3 N–H and O–H groups in total. The van der Waals surface area contributed by atoms with Gasteiger partial charge in [0.15, 0.2) is 0 Å². The van der Waals surface area contributed by atoms with Crippen LogP contribution in [0.3, 0.4) is 0 Å². The summed E-state index contributed by atoms with van der Waals surface area (Å²) in [6.45, 7) is 0. The normalized spacial score (nSPS) is 11.6. The molecule has 0 aliphatic carbocycles. The van der Waals surface area contributed by atoms with Crippen molar-refractivity contribution >= 4 is 29.4 Å². The molecule has 0 heterocycles. The number of carboxylic acid groups (broad SMARTS) is 1. The number of amides is 2. The Labute approximate surface area is 126 Å². The Hall–Kier alpha value is -1.96. The molecule has 0 unspecified atom stereocenters. The molecule has 0 fully saturated rings. The third-order valence-electron chi connectivity index (χ3n) is 2.64. The molecule has 116 valence electrons. The van der Waals surface area contributed by atoms with Crippen LogP contribution in [0.1, 0.15) is 6.42 Å². The number of thioether (sulfide) groups is 1. The van der Waals surface area contributed by atoms with Crippen LogP contribution in [0.2, 0.25) is 0 Å². The van der Waals surface area contributed by atoms with Gasteiger partial charge in [0.1, 0.15) is 17.6 Å². The monoisotopic (exact) mass is 316 g/mol. The van der Waals surface area contributed by atoms with E-state index in [4.69, 9.17) is 9.84 Å². The summed E-state index contributed by atoms with van der Waals surface area (Å²) in [7, 11) is 1.42. The van der Waals surface area contributed by atoms with Crippen molar-refractivity contribution in [2.75, 3.05) is 24.4 Å². The Kier molecular flexibility index (Phi) is 6.80. The maximum atomic E-state index is 13.5. The topological polar surface area (TPSA) is 87.7 Å². The highest BCUT2D eigenvalue weighted by molar-refractivity contribution is 7.98. The number of carbonyl (C=O) groups excluding carboxylic acids is 1. The number of urea groups is 1. The third kappa shape index (κ3) is 5.50. The molecule has 1 aromatic rings. The van der Waals surface area contributed by atoms with Crippen molar-refractivity contribution in [2.45, 2.75) is 12.5 Å². The van der Waals surface area contributed by atoms with Gasteiger partial charge in [0, 0.05) is 6.07 Å². The van der Waals surface area contributed by atoms with E-state index in [9.17, 15) is 14.0 Å². The van der Waals surface area contributed by atoms with E-state index in [2.05, 4.69) is 10.6 Å². The molecule has 1 atom stereocenters. The van der Waals surface area contributed by atoms with E-state index in [-0.39, 0.29) is 12.1 Å². The number of methoxy groups -OCH3 is 1. The van der Waals surface area contributed by atoms with Gasteiger partial charge < -0.3 is 20.5 Å². The number of ether oxygens (including phenoxy) is 1. The highest BCUT2D eigenvalue weighted by atomic mass is 32.2. The van der Waals surface area contributed by atoms with E-state index in [1.165, 1.54) is 31.0 Å². The van der Waals surface area contributed by atoms with Crippen LogP contribution >= 0.6 is 11.8 Å². The summed E-state index contributed by atoms with van der Waals surface area (Å²) in [6, 6.07) is 2.07. The Morgan fingerprint density at radius 3 is 2.76 bits per heavy atom. The van der Waals surface area contributed by atoms with Gasteiger partial charge in [0.05, 0.1) is 12.8 Å². The minimum Gasteiger partial charge on any atom is -0.497 e. The Morgan fingerprint density at radius 1 is 1.48 bits per heavy atom. The molecular formula is C13H17FN2O4S. The first-order valence-electron chi connectivity index (χ1n) is 6.10. The van der Waals surface area contributed by atoms with Crippen molar-refractivity contribution in [1.29, 1.82) is 0 Å². The lowest BCUT2D eigenvalue weighted by atomic mass is 10.2. The fraction of sp³-hybridized carbons (Fsp3) is 0.385. The number of hydrogen-bond acceptors (Lipinski definition) is 4. The molecule has 8 heteroatoms. The molecule has 0 aromatic heterocycles. The molecule has 1 aromatic carbocycles. The molecule has 0 bridgehead atoms. The van der Waals surface area contributed by atoms with E-state index < -0.39 is 23.9 Å². The van der Waals surface area contributed by atoms with Crippen LogP contribution < -0.4 is 15.4 Å². The van der Waals surface area contributed by atoms with Gasteiger partial charge in [0.2, 0.25) is 0 Å². The second-order valence-corrected chi connectivity index (χ2v) is 5.10. The lowest BCUT2D eigenvalue weighted by Crippen LogP contribution is -2.43. The number of carbonyl (C=O) groups is 2. The molecule has 0 aliphatic heterocycles. The van der Waals surface area contributed by atoms with Gasteiger partial charge in [-0.15, -0.1) is 0 Å². The molecule has 0 aliphatic rings. The smallest absolute Gasteiger partial charge is 0.326 e. The molecule has 21 heavy (non-hydrogen) atoms. The fourth-order valence-electron chi connectivity index (χ4n) is 1.54. The van der Waals surface area contributed by atoms with E-state index in [0.29, 0.717) is 11.5 Å². The second-order valence-electron chi connectivity index (χ2n) is 4.12. The SMILES string of the molecule is COc1ccc(F)c(NC(=O)N[C@H](CCSC)C(=O)O)c1. The molecule has 0 spiro atoms. The quantitative estimate of drug-likeness (QED) is 0.717. The summed E-state index contributed by atoms with van der Waals surface area (Å²) in [4.78, 5) is 22.8. The van der Waals surface area contributed by atoms with Crippen LogP contribution in [-0.4, -0.2) is 42.3 Å². The van der Waals surface area contributed by atoms with Crippen molar-refractivity contribution in [3.8, 4) is 5.75 Å². The zero-order chi connectivity index (χ0) is 15.8. The van der Waals surface area contributed by atoms with Crippen LogP contribution in [0.15, 0.2) is 18.2 Å². The summed E-state index contributed by atoms with van der Waals surface area (Å²) in [6.07, 6.45) is 2.12. The third-order valence-corrected chi connectivity index (χ3v) is 3.28. The minimum absolute atomic E-state index is 0.0825. The Balaban J connectivity index is 2.69. The number of rotatable bonds is 7. The van der Waals surface area contributed by atoms with Crippen LogP contribution in [0.25, 0.3) is 0 Å². The first kappa shape index (κ1) is 17.1. The lowest BCUT2D eigenvalue weighted by molar-refractivity contribution is -0.139. The van der Waals surface area contributed by atoms with Gasteiger partial charge in [-0.3, -0.25) is 0 Å². The summed E-state index contributed by atoms with van der Waals surface area (Å²) >= 11 is 1.47. The first-order valence-corrected chi connectivity index (χ1v) is 7.50. The molecule has 6 nitrogen and oxygen atoms in total. The van der Waals surface area contributed by atoms with Crippen LogP contribution in [0.5, 0.6) is 5.75 Å². The van der Waals surface area contributed by atoms with Crippen molar-refractivity contribution in [3.05, 3.63) is 24.0 Å². The number of carboxylic acids is 1. The van der Waals surface area contributed by atoms with Crippen molar-refractivity contribution < 1.29 is 23.8 Å². The van der Waals surface area contributed by atoms with Gasteiger partial charge in [-0.25, -0.2) is 14.0 Å². The Morgan fingerprint density at radius 2 is 2.19 bits per heavy atom.